The third-order valence-corrected chi connectivity index (χ3v) is 5.30. The minimum atomic E-state index is -0.924. The summed E-state index contributed by atoms with van der Waals surface area (Å²) in [5.41, 5.74) is 1.30. The van der Waals surface area contributed by atoms with Gasteiger partial charge in [-0.15, -0.1) is 11.8 Å². The zero-order valence-corrected chi connectivity index (χ0v) is 16.1. The van der Waals surface area contributed by atoms with Gasteiger partial charge in [-0.3, -0.25) is 19.7 Å². The number of Topliss-reactive ketones (excluding diaryl/α,β-unsaturated/α-hetero) is 1. The molecule has 8 heteroatoms. The van der Waals surface area contributed by atoms with Gasteiger partial charge < -0.3 is 9.72 Å². The number of carbonyl (C=O) groups excluding carboxylic acids is 2. The van der Waals surface area contributed by atoms with Gasteiger partial charge >= 0.3 is 5.97 Å². The summed E-state index contributed by atoms with van der Waals surface area (Å²) in [5, 5.41) is 10.9. The normalized spacial score (nSPS) is 13.1. The molecular weight excluding hydrogens is 380 g/mol. The number of nitrogens with zero attached hydrogens (tertiary/aromatic N) is 1. The van der Waals surface area contributed by atoms with Gasteiger partial charge in [0.2, 0.25) is 5.78 Å². The number of fused-ring (bicyclic) bond motifs is 1. The van der Waals surface area contributed by atoms with Gasteiger partial charge in [0.05, 0.1) is 4.92 Å². The molecule has 1 heterocycles. The maximum absolute atomic E-state index is 12.7. The number of esters is 1. The first-order valence-corrected chi connectivity index (χ1v) is 9.46. The maximum atomic E-state index is 12.7. The Morgan fingerprint density at radius 2 is 1.79 bits per heavy atom. The van der Waals surface area contributed by atoms with Gasteiger partial charge in [0.15, 0.2) is 6.10 Å². The van der Waals surface area contributed by atoms with E-state index in [4.69, 9.17) is 4.74 Å². The van der Waals surface area contributed by atoms with Gasteiger partial charge in [0.1, 0.15) is 5.25 Å². The van der Waals surface area contributed by atoms with Gasteiger partial charge in [0, 0.05) is 39.7 Å². The van der Waals surface area contributed by atoms with Crippen LogP contribution in [0.15, 0.2) is 59.6 Å². The number of non-ortho nitro benzene ring substituents is 1. The standard InChI is InChI=1S/C20H18N2O5S/c1-12(19(23)17-11-21-18-6-4-3-5-16(17)18)27-20(24)13(2)28-15-9-7-14(8-10-15)22(25)26/h3-13,21H,1-2H3. The number of H-pyrrole nitrogens is 1. The molecule has 0 fully saturated rings. The minimum absolute atomic E-state index is 0.0162. The van der Waals surface area contributed by atoms with Crippen LogP contribution in [0.3, 0.4) is 0 Å². The molecule has 0 radical (unpaired) electrons. The molecular formula is C20H18N2O5S. The summed E-state index contributed by atoms with van der Waals surface area (Å²) in [6.07, 6.45) is 0.693. The van der Waals surface area contributed by atoms with Crippen molar-refractivity contribution in [1.29, 1.82) is 0 Å². The topological polar surface area (TPSA) is 102 Å². The van der Waals surface area contributed by atoms with Crippen LogP contribution in [-0.4, -0.2) is 33.0 Å². The monoisotopic (exact) mass is 398 g/mol. The molecule has 144 valence electrons. The summed E-state index contributed by atoms with van der Waals surface area (Å²) in [6, 6.07) is 13.3. The Kier molecular flexibility index (Phi) is 5.79. The van der Waals surface area contributed by atoms with Crippen molar-refractivity contribution in [2.45, 2.75) is 30.1 Å². The Morgan fingerprint density at radius 1 is 1.11 bits per heavy atom. The smallest absolute Gasteiger partial charge is 0.319 e. The van der Waals surface area contributed by atoms with Gasteiger partial charge in [-0.25, -0.2) is 0 Å². The van der Waals surface area contributed by atoms with E-state index < -0.39 is 22.2 Å². The fourth-order valence-corrected chi connectivity index (χ4v) is 3.57. The van der Waals surface area contributed by atoms with E-state index in [1.807, 2.05) is 24.3 Å². The lowest BCUT2D eigenvalue weighted by Gasteiger charge is -2.15. The minimum Gasteiger partial charge on any atom is -0.453 e. The lowest BCUT2D eigenvalue weighted by atomic mass is 10.1. The molecule has 0 amide bonds. The van der Waals surface area contributed by atoms with Crippen LogP contribution in [0.2, 0.25) is 0 Å². The fourth-order valence-electron chi connectivity index (χ4n) is 2.72. The molecule has 7 nitrogen and oxygen atoms in total. The van der Waals surface area contributed by atoms with E-state index in [9.17, 15) is 19.7 Å². The number of ketones is 1. The van der Waals surface area contributed by atoms with Gasteiger partial charge in [0.25, 0.3) is 5.69 Å². The first kappa shape index (κ1) is 19.6. The number of hydrogen-bond acceptors (Lipinski definition) is 6. The van der Waals surface area contributed by atoms with Gasteiger partial charge in [-0.1, -0.05) is 18.2 Å². The van der Waals surface area contributed by atoms with Crippen molar-refractivity contribution in [3.63, 3.8) is 0 Å². The molecule has 3 rings (SSSR count). The molecule has 1 N–H and O–H groups in total. The summed E-state index contributed by atoms with van der Waals surface area (Å²) >= 11 is 1.21. The molecule has 0 saturated heterocycles. The molecule has 0 aliphatic heterocycles. The van der Waals surface area contributed by atoms with Crippen molar-refractivity contribution in [2.24, 2.45) is 0 Å². The Bertz CT molecular complexity index is 1030. The highest BCUT2D eigenvalue weighted by atomic mass is 32.2. The van der Waals surface area contributed by atoms with Crippen LogP contribution >= 0.6 is 11.8 Å². The van der Waals surface area contributed by atoms with Gasteiger partial charge in [-0.05, 0) is 32.0 Å². The highest BCUT2D eigenvalue weighted by Crippen LogP contribution is 2.27. The highest BCUT2D eigenvalue weighted by Gasteiger charge is 2.25. The molecule has 0 bridgehead atoms. The quantitative estimate of drug-likeness (QED) is 0.208. The summed E-state index contributed by atoms with van der Waals surface area (Å²) < 4.78 is 5.35. The third-order valence-electron chi connectivity index (χ3n) is 4.21. The van der Waals surface area contributed by atoms with Crippen molar-refractivity contribution in [2.75, 3.05) is 0 Å². The van der Waals surface area contributed by atoms with Crippen LogP contribution in [0.1, 0.15) is 24.2 Å². The predicted octanol–water partition coefficient (Wildman–Crippen LogP) is 4.37. The summed E-state index contributed by atoms with van der Waals surface area (Å²) in [6.45, 7) is 3.21. The van der Waals surface area contributed by atoms with Crippen LogP contribution in [0.4, 0.5) is 5.69 Å². The molecule has 0 spiro atoms. The second-order valence-corrected chi connectivity index (χ2v) is 7.62. The van der Waals surface area contributed by atoms with Crippen molar-refractivity contribution >= 4 is 40.1 Å². The molecule has 28 heavy (non-hydrogen) atoms. The van der Waals surface area contributed by atoms with E-state index >= 15 is 0 Å². The summed E-state index contributed by atoms with van der Waals surface area (Å²) in [4.78, 5) is 39.0. The van der Waals surface area contributed by atoms with E-state index in [1.165, 1.54) is 23.9 Å². The number of aromatic nitrogens is 1. The second kappa shape index (κ2) is 8.26. The predicted molar refractivity (Wildman–Crippen MR) is 107 cm³/mol. The number of aromatic amines is 1. The van der Waals surface area contributed by atoms with E-state index in [0.29, 0.717) is 10.5 Å². The number of benzene rings is 2. The summed E-state index contributed by atoms with van der Waals surface area (Å²) in [7, 11) is 0. The van der Waals surface area contributed by atoms with Crippen LogP contribution in [-0.2, 0) is 9.53 Å². The SMILES string of the molecule is CC(OC(=O)C(C)Sc1ccc([N+](=O)[O-])cc1)C(=O)c1c[nH]c2ccccc12. The maximum Gasteiger partial charge on any atom is 0.319 e. The molecule has 1 aromatic heterocycles. The van der Waals surface area contributed by atoms with Crippen LogP contribution in [0.5, 0.6) is 0 Å². The van der Waals surface area contributed by atoms with Crippen LogP contribution in [0, 0.1) is 10.1 Å². The van der Waals surface area contributed by atoms with Crippen molar-refractivity contribution in [3.8, 4) is 0 Å². The highest BCUT2D eigenvalue weighted by molar-refractivity contribution is 8.00. The average Bonchev–Trinajstić information content (AvgIpc) is 3.11. The van der Waals surface area contributed by atoms with Gasteiger partial charge in [-0.2, -0.15) is 0 Å². The number of hydrogen-bond donors (Lipinski definition) is 1. The largest absolute Gasteiger partial charge is 0.453 e. The molecule has 2 atom stereocenters. The van der Waals surface area contributed by atoms with E-state index in [-0.39, 0.29) is 11.5 Å². The molecule has 0 aliphatic carbocycles. The molecule has 2 aromatic carbocycles. The molecule has 0 saturated carbocycles. The Balaban J connectivity index is 1.62. The van der Waals surface area contributed by atoms with Crippen molar-refractivity contribution in [1.82, 2.24) is 4.98 Å². The van der Waals surface area contributed by atoms with Crippen LogP contribution < -0.4 is 0 Å². The average molecular weight is 398 g/mol. The summed E-state index contributed by atoms with van der Waals surface area (Å²) in [5.74, 6) is -0.803. The molecule has 3 aromatic rings. The van der Waals surface area contributed by atoms with E-state index in [0.717, 1.165) is 10.9 Å². The number of para-hydroxylation sites is 1. The number of nitro benzene ring substituents is 1. The molecule has 0 aliphatic rings. The van der Waals surface area contributed by atoms with E-state index in [1.54, 1.807) is 32.2 Å². The van der Waals surface area contributed by atoms with Crippen molar-refractivity contribution < 1.29 is 19.2 Å². The fraction of sp³-hybridized carbons (Fsp3) is 0.200. The number of rotatable bonds is 7. The lowest BCUT2D eigenvalue weighted by molar-refractivity contribution is -0.384. The Morgan fingerprint density at radius 3 is 2.46 bits per heavy atom. The molecule has 2 unspecified atom stereocenters. The first-order valence-electron chi connectivity index (χ1n) is 8.58. The Hall–Kier alpha value is -3.13. The first-order chi connectivity index (χ1) is 13.4. The number of nitrogens with one attached hydrogen (secondary N) is 1. The number of nitro groups is 1. The number of ether oxygens (including phenoxy) is 1. The zero-order valence-electron chi connectivity index (χ0n) is 15.2. The Labute approximate surface area is 165 Å². The zero-order chi connectivity index (χ0) is 20.3. The number of carbonyl (C=O) groups is 2. The van der Waals surface area contributed by atoms with E-state index in [2.05, 4.69) is 4.98 Å². The van der Waals surface area contributed by atoms with Crippen molar-refractivity contribution in [3.05, 3.63) is 70.4 Å². The van der Waals surface area contributed by atoms with Crippen LogP contribution in [0.25, 0.3) is 10.9 Å². The lowest BCUT2D eigenvalue weighted by Crippen LogP contribution is -2.28. The second-order valence-electron chi connectivity index (χ2n) is 6.20. The third kappa shape index (κ3) is 4.23. The number of thioether (sulfide) groups is 1.